The van der Waals surface area contributed by atoms with Crippen molar-refractivity contribution in [2.45, 2.75) is 6.54 Å². The van der Waals surface area contributed by atoms with Crippen LogP contribution in [0.3, 0.4) is 0 Å². The van der Waals surface area contributed by atoms with Gasteiger partial charge in [0.1, 0.15) is 0 Å². The Morgan fingerprint density at radius 3 is 2.26 bits per heavy atom. The molecule has 0 aliphatic rings. The van der Waals surface area contributed by atoms with Gasteiger partial charge < -0.3 is 0 Å². The molecule has 0 fully saturated rings. The van der Waals surface area contributed by atoms with Crippen molar-refractivity contribution >= 4 is 51.0 Å². The molecule has 3 rings (SSSR count). The van der Waals surface area contributed by atoms with Gasteiger partial charge in [-0.15, -0.1) is 0 Å². The predicted molar refractivity (Wildman–Crippen MR) is 125 cm³/mol. The Hall–Kier alpha value is -2.87. The number of carbonyl (C=O) groups is 1. The lowest BCUT2D eigenvalue weighted by Gasteiger charge is -2.22. The number of hydrogen-bond acceptors (Lipinski definition) is 4. The maximum absolute atomic E-state index is 12.3. The van der Waals surface area contributed by atoms with E-state index in [1.54, 1.807) is 54.6 Å². The Labute approximate surface area is 191 Å². The summed E-state index contributed by atoms with van der Waals surface area (Å²) in [7, 11) is -3.54. The molecule has 0 heterocycles. The van der Waals surface area contributed by atoms with Crippen molar-refractivity contribution in [1.82, 2.24) is 5.43 Å². The highest BCUT2D eigenvalue weighted by Crippen LogP contribution is 2.22. The van der Waals surface area contributed by atoms with Gasteiger partial charge in [0.15, 0.2) is 0 Å². The number of amides is 1. The molecule has 31 heavy (non-hydrogen) atoms. The minimum Gasteiger partial charge on any atom is -0.267 e. The van der Waals surface area contributed by atoms with Crippen LogP contribution >= 0.6 is 23.2 Å². The van der Waals surface area contributed by atoms with Gasteiger partial charge in [-0.3, -0.25) is 9.10 Å². The van der Waals surface area contributed by atoms with Crippen molar-refractivity contribution < 1.29 is 13.2 Å². The second kappa shape index (κ2) is 9.96. The zero-order valence-electron chi connectivity index (χ0n) is 16.5. The summed E-state index contributed by atoms with van der Waals surface area (Å²) in [5.74, 6) is -0.432. The summed E-state index contributed by atoms with van der Waals surface area (Å²) in [4.78, 5) is 12.3. The van der Waals surface area contributed by atoms with Crippen LogP contribution in [-0.4, -0.2) is 26.8 Å². The first-order chi connectivity index (χ1) is 14.7. The number of anilines is 1. The molecule has 0 bridgehead atoms. The van der Waals surface area contributed by atoms with Crippen LogP contribution in [-0.2, 0) is 16.6 Å². The van der Waals surface area contributed by atoms with E-state index in [0.717, 1.165) is 11.8 Å². The fraction of sp³-hybridized carbons (Fsp3) is 0.0909. The molecule has 0 saturated carbocycles. The summed E-state index contributed by atoms with van der Waals surface area (Å²) < 4.78 is 25.9. The Balaban J connectivity index is 1.72. The van der Waals surface area contributed by atoms with Crippen LogP contribution in [0.4, 0.5) is 5.69 Å². The first kappa shape index (κ1) is 22.8. The number of benzene rings is 3. The second-order valence-corrected chi connectivity index (χ2v) is 9.41. The van der Waals surface area contributed by atoms with Crippen LogP contribution in [0.1, 0.15) is 21.5 Å². The fourth-order valence-corrected chi connectivity index (χ4v) is 3.94. The zero-order valence-corrected chi connectivity index (χ0v) is 18.8. The molecule has 0 radical (unpaired) electrons. The molecule has 0 aliphatic carbocycles. The van der Waals surface area contributed by atoms with E-state index in [2.05, 4.69) is 10.5 Å². The maximum atomic E-state index is 12.3. The first-order valence-corrected chi connectivity index (χ1v) is 11.7. The van der Waals surface area contributed by atoms with E-state index in [4.69, 9.17) is 23.2 Å². The number of rotatable bonds is 7. The van der Waals surface area contributed by atoms with Crippen molar-refractivity contribution in [3.05, 3.63) is 99.5 Å². The summed E-state index contributed by atoms with van der Waals surface area (Å²) >= 11 is 11.9. The average Bonchev–Trinajstić information content (AvgIpc) is 2.74. The Morgan fingerprint density at radius 2 is 1.65 bits per heavy atom. The van der Waals surface area contributed by atoms with E-state index in [1.807, 2.05) is 6.07 Å². The number of nitrogens with zero attached hydrogens (tertiary/aromatic N) is 2. The predicted octanol–water partition coefficient (Wildman–Crippen LogP) is 4.72. The third-order valence-electron chi connectivity index (χ3n) is 4.33. The minimum atomic E-state index is -3.54. The molecule has 9 heteroatoms. The smallest absolute Gasteiger partial charge is 0.267 e. The molecule has 3 aromatic carbocycles. The molecule has 160 valence electrons. The molecule has 0 unspecified atom stereocenters. The number of sulfonamides is 1. The molecule has 0 saturated heterocycles. The van der Waals surface area contributed by atoms with Gasteiger partial charge in [-0.25, -0.2) is 13.8 Å². The summed E-state index contributed by atoms with van der Waals surface area (Å²) in [5, 5.41) is 5.00. The van der Waals surface area contributed by atoms with Crippen LogP contribution in [0.2, 0.25) is 10.0 Å². The normalized spacial score (nSPS) is 11.5. The lowest BCUT2D eigenvalue weighted by Crippen LogP contribution is -2.29. The lowest BCUT2D eigenvalue weighted by atomic mass is 10.2. The number of hydrogen-bond donors (Lipinski definition) is 1. The third-order valence-corrected chi connectivity index (χ3v) is 6.07. The van der Waals surface area contributed by atoms with Crippen LogP contribution in [0.15, 0.2) is 77.9 Å². The number of halogens is 2. The highest BCUT2D eigenvalue weighted by atomic mass is 35.5. The van der Waals surface area contributed by atoms with Crippen molar-refractivity contribution in [3.63, 3.8) is 0 Å². The summed E-state index contributed by atoms with van der Waals surface area (Å²) in [6, 6.07) is 20.3. The van der Waals surface area contributed by atoms with E-state index < -0.39 is 15.9 Å². The maximum Gasteiger partial charge on any atom is 0.271 e. The lowest BCUT2D eigenvalue weighted by molar-refractivity contribution is 0.0955. The molecule has 0 spiro atoms. The second-order valence-electron chi connectivity index (χ2n) is 6.66. The van der Waals surface area contributed by atoms with Gasteiger partial charge in [-0.05, 0) is 48.0 Å². The van der Waals surface area contributed by atoms with Crippen LogP contribution < -0.4 is 9.73 Å². The average molecular weight is 476 g/mol. The van der Waals surface area contributed by atoms with Crippen molar-refractivity contribution in [2.75, 3.05) is 10.6 Å². The molecular formula is C22H19Cl2N3O3S. The highest BCUT2D eigenvalue weighted by molar-refractivity contribution is 7.92. The molecular weight excluding hydrogens is 457 g/mol. The van der Waals surface area contributed by atoms with Crippen LogP contribution in [0.5, 0.6) is 0 Å². The molecule has 3 aromatic rings. The van der Waals surface area contributed by atoms with Gasteiger partial charge in [0.25, 0.3) is 5.91 Å². The van der Waals surface area contributed by atoms with Gasteiger partial charge in [-0.1, -0.05) is 53.5 Å². The molecule has 6 nitrogen and oxygen atoms in total. The van der Waals surface area contributed by atoms with Gasteiger partial charge in [0.05, 0.1) is 24.7 Å². The molecule has 0 atom stereocenters. The number of carbonyl (C=O) groups excluding carboxylic acids is 1. The summed E-state index contributed by atoms with van der Waals surface area (Å²) in [6.07, 6.45) is 2.58. The Bertz CT molecular complexity index is 1200. The van der Waals surface area contributed by atoms with E-state index in [0.29, 0.717) is 26.9 Å². The minimum absolute atomic E-state index is 0.143. The van der Waals surface area contributed by atoms with Gasteiger partial charge in [-0.2, -0.15) is 5.10 Å². The fourth-order valence-electron chi connectivity index (χ4n) is 2.74. The van der Waals surface area contributed by atoms with Gasteiger partial charge in [0.2, 0.25) is 10.0 Å². The Kier molecular flexibility index (Phi) is 7.33. The first-order valence-electron chi connectivity index (χ1n) is 9.14. The molecule has 0 aliphatic heterocycles. The van der Waals surface area contributed by atoms with E-state index in [1.165, 1.54) is 22.7 Å². The monoisotopic (exact) mass is 475 g/mol. The third kappa shape index (κ3) is 6.30. The van der Waals surface area contributed by atoms with E-state index >= 15 is 0 Å². The summed E-state index contributed by atoms with van der Waals surface area (Å²) in [6.45, 7) is 0.143. The molecule has 1 N–H and O–H groups in total. The number of nitrogens with one attached hydrogen (secondary N) is 1. The van der Waals surface area contributed by atoms with Crippen molar-refractivity contribution in [2.24, 2.45) is 5.10 Å². The van der Waals surface area contributed by atoms with Crippen molar-refractivity contribution in [1.29, 1.82) is 0 Å². The largest absolute Gasteiger partial charge is 0.271 e. The SMILES string of the molecule is CS(=O)(=O)N(Cc1ccc(Cl)cc1)c1ccc(C(=O)N/N=C\c2ccccc2Cl)cc1. The number of hydrazone groups is 1. The zero-order chi connectivity index (χ0) is 22.4. The molecule has 1 amide bonds. The van der Waals surface area contributed by atoms with Crippen LogP contribution in [0, 0.1) is 0 Å². The summed E-state index contributed by atoms with van der Waals surface area (Å²) in [5.41, 5.74) is 4.65. The standard InChI is InChI=1S/C22H19Cl2N3O3S/c1-31(29,30)27(15-16-6-10-19(23)11-7-16)20-12-8-17(9-13-20)22(28)26-25-14-18-4-2-3-5-21(18)24/h2-14H,15H2,1H3,(H,26,28)/b25-14-. The van der Waals surface area contributed by atoms with Crippen molar-refractivity contribution in [3.8, 4) is 0 Å². The van der Waals surface area contributed by atoms with E-state index in [9.17, 15) is 13.2 Å². The van der Waals surface area contributed by atoms with E-state index in [-0.39, 0.29) is 6.54 Å². The van der Waals surface area contributed by atoms with Gasteiger partial charge >= 0.3 is 0 Å². The Morgan fingerprint density at radius 1 is 1.00 bits per heavy atom. The van der Waals surface area contributed by atoms with Crippen LogP contribution in [0.25, 0.3) is 0 Å². The topological polar surface area (TPSA) is 78.8 Å². The molecule has 0 aromatic heterocycles. The quantitative estimate of drug-likeness (QED) is 0.396. The highest BCUT2D eigenvalue weighted by Gasteiger charge is 2.18. The van der Waals surface area contributed by atoms with Gasteiger partial charge in [0, 0.05) is 21.2 Å².